The molecule has 0 saturated heterocycles. The monoisotopic (exact) mass is 312 g/mol. The van der Waals surface area contributed by atoms with Crippen molar-refractivity contribution < 1.29 is 13.2 Å². The maximum Gasteiger partial charge on any atom is 0.417 e. The topological polar surface area (TPSA) is 95.6 Å². The molecule has 0 fully saturated rings. The van der Waals surface area contributed by atoms with Crippen LogP contribution in [-0.2, 0) is 6.18 Å². The SMILES string of the molecule is N#Cc1cc(Sc2nc(N)cc(=O)[nH]2)ccc1C(F)(F)F. The zero-order valence-electron chi connectivity index (χ0n) is 10.2. The van der Waals surface area contributed by atoms with E-state index in [1.54, 1.807) is 0 Å². The summed E-state index contributed by atoms with van der Waals surface area (Å²) in [5.74, 6) is -0.00586. The molecule has 0 atom stereocenters. The van der Waals surface area contributed by atoms with E-state index in [9.17, 15) is 18.0 Å². The largest absolute Gasteiger partial charge is 0.417 e. The lowest BCUT2D eigenvalue weighted by Gasteiger charge is -2.09. The van der Waals surface area contributed by atoms with E-state index in [1.807, 2.05) is 0 Å². The zero-order chi connectivity index (χ0) is 15.6. The molecule has 1 heterocycles. The summed E-state index contributed by atoms with van der Waals surface area (Å²) >= 11 is 0.900. The number of nitriles is 1. The quantitative estimate of drug-likeness (QED) is 0.830. The number of nitrogens with one attached hydrogen (secondary N) is 1. The molecule has 0 aliphatic carbocycles. The first kappa shape index (κ1) is 14.9. The second kappa shape index (κ2) is 5.49. The second-order valence-electron chi connectivity index (χ2n) is 3.89. The van der Waals surface area contributed by atoms with Crippen LogP contribution in [0.2, 0.25) is 0 Å². The van der Waals surface area contributed by atoms with Crippen LogP contribution in [0.1, 0.15) is 11.1 Å². The van der Waals surface area contributed by atoms with Gasteiger partial charge in [-0.3, -0.25) is 4.79 Å². The fourth-order valence-corrected chi connectivity index (χ4v) is 2.38. The first-order valence-corrected chi connectivity index (χ1v) is 6.27. The number of aromatic nitrogens is 2. The number of hydrogen-bond acceptors (Lipinski definition) is 5. The molecule has 108 valence electrons. The van der Waals surface area contributed by atoms with Crippen LogP contribution in [0.4, 0.5) is 19.0 Å². The molecule has 2 aromatic rings. The molecular formula is C12H7F3N4OS. The Morgan fingerprint density at radius 1 is 1.33 bits per heavy atom. The molecule has 0 radical (unpaired) electrons. The number of nitrogen functional groups attached to an aromatic ring is 1. The van der Waals surface area contributed by atoms with Gasteiger partial charge in [-0.1, -0.05) is 11.8 Å². The maximum atomic E-state index is 12.7. The van der Waals surface area contributed by atoms with Crippen molar-refractivity contribution in [3.8, 4) is 6.07 Å². The number of nitrogens with two attached hydrogens (primary N) is 1. The Hall–Kier alpha value is -2.47. The molecule has 0 amide bonds. The maximum absolute atomic E-state index is 12.7. The van der Waals surface area contributed by atoms with Crippen LogP contribution >= 0.6 is 11.8 Å². The van der Waals surface area contributed by atoms with Gasteiger partial charge in [-0.2, -0.15) is 18.4 Å². The summed E-state index contributed by atoms with van der Waals surface area (Å²) < 4.78 is 38.0. The lowest BCUT2D eigenvalue weighted by atomic mass is 10.1. The average molecular weight is 312 g/mol. The zero-order valence-corrected chi connectivity index (χ0v) is 11.0. The number of H-pyrrole nitrogens is 1. The first-order chi connectivity index (χ1) is 9.79. The third kappa shape index (κ3) is 3.55. The van der Waals surface area contributed by atoms with E-state index in [2.05, 4.69) is 9.97 Å². The number of nitrogens with zero attached hydrogens (tertiary/aromatic N) is 2. The van der Waals surface area contributed by atoms with Gasteiger partial charge in [0.15, 0.2) is 5.16 Å². The Bertz CT molecular complexity index is 779. The number of anilines is 1. The Balaban J connectivity index is 2.38. The fourth-order valence-electron chi connectivity index (χ4n) is 1.54. The second-order valence-corrected chi connectivity index (χ2v) is 4.96. The molecule has 1 aromatic heterocycles. The van der Waals surface area contributed by atoms with E-state index in [0.29, 0.717) is 4.90 Å². The van der Waals surface area contributed by atoms with Crippen LogP contribution in [0.25, 0.3) is 0 Å². The standard InChI is InChI=1S/C12H7F3N4OS/c13-12(14,15)8-2-1-7(3-6(8)5-16)21-11-18-9(17)4-10(20)19-11/h1-4H,(H3,17,18,19,20). The molecule has 0 aliphatic heterocycles. The molecule has 1 aromatic carbocycles. The summed E-state index contributed by atoms with van der Waals surface area (Å²) in [5, 5.41) is 8.94. The normalized spacial score (nSPS) is 11.1. The van der Waals surface area contributed by atoms with Gasteiger partial charge < -0.3 is 10.7 Å². The van der Waals surface area contributed by atoms with Crippen molar-refractivity contribution in [2.24, 2.45) is 0 Å². The van der Waals surface area contributed by atoms with Gasteiger partial charge >= 0.3 is 6.18 Å². The third-order valence-corrected chi connectivity index (χ3v) is 3.25. The Labute approximate surface area is 120 Å². The van der Waals surface area contributed by atoms with Gasteiger partial charge in [0.2, 0.25) is 0 Å². The van der Waals surface area contributed by atoms with Crippen molar-refractivity contribution in [2.45, 2.75) is 16.2 Å². The number of alkyl halides is 3. The summed E-state index contributed by atoms with van der Waals surface area (Å²) in [6.45, 7) is 0. The summed E-state index contributed by atoms with van der Waals surface area (Å²) in [7, 11) is 0. The highest BCUT2D eigenvalue weighted by Crippen LogP contribution is 2.34. The van der Waals surface area contributed by atoms with E-state index in [-0.39, 0.29) is 11.0 Å². The lowest BCUT2D eigenvalue weighted by molar-refractivity contribution is -0.137. The van der Waals surface area contributed by atoms with Gasteiger partial charge in [-0.15, -0.1) is 0 Å². The van der Waals surface area contributed by atoms with Gasteiger partial charge in [-0.05, 0) is 18.2 Å². The highest BCUT2D eigenvalue weighted by Gasteiger charge is 2.33. The molecule has 21 heavy (non-hydrogen) atoms. The van der Waals surface area contributed by atoms with E-state index in [4.69, 9.17) is 11.0 Å². The van der Waals surface area contributed by atoms with E-state index in [0.717, 1.165) is 30.0 Å². The predicted octanol–water partition coefficient (Wildman–Crippen LogP) is 2.39. The van der Waals surface area contributed by atoms with Crippen LogP contribution in [0.5, 0.6) is 0 Å². The first-order valence-electron chi connectivity index (χ1n) is 5.45. The number of halogens is 3. The highest BCUT2D eigenvalue weighted by atomic mass is 32.2. The van der Waals surface area contributed by atoms with E-state index >= 15 is 0 Å². The van der Waals surface area contributed by atoms with Gasteiger partial charge in [0, 0.05) is 11.0 Å². The number of rotatable bonds is 2. The van der Waals surface area contributed by atoms with Crippen molar-refractivity contribution in [1.82, 2.24) is 9.97 Å². The summed E-state index contributed by atoms with van der Waals surface area (Å²) in [6, 6.07) is 5.66. The summed E-state index contributed by atoms with van der Waals surface area (Å²) in [6.07, 6.45) is -4.60. The summed E-state index contributed by atoms with van der Waals surface area (Å²) in [5.41, 5.74) is 3.42. The minimum atomic E-state index is -4.60. The Kier molecular flexibility index (Phi) is 3.90. The molecule has 2 rings (SSSR count). The molecule has 5 nitrogen and oxygen atoms in total. The minimum absolute atomic E-state index is 0.00586. The van der Waals surface area contributed by atoms with Gasteiger partial charge in [0.25, 0.3) is 5.56 Å². The Morgan fingerprint density at radius 2 is 2.05 bits per heavy atom. The molecule has 3 N–H and O–H groups in total. The third-order valence-electron chi connectivity index (χ3n) is 2.37. The van der Waals surface area contributed by atoms with Crippen LogP contribution < -0.4 is 11.3 Å². The van der Waals surface area contributed by atoms with Crippen LogP contribution in [0.3, 0.4) is 0 Å². The molecule has 0 bridgehead atoms. The van der Waals surface area contributed by atoms with Gasteiger partial charge in [0.1, 0.15) is 5.82 Å². The van der Waals surface area contributed by atoms with Gasteiger partial charge in [0.05, 0.1) is 17.2 Å². The number of aromatic amines is 1. The molecule has 0 unspecified atom stereocenters. The van der Waals surface area contributed by atoms with Crippen LogP contribution in [0.15, 0.2) is 39.1 Å². The van der Waals surface area contributed by atoms with Crippen LogP contribution in [0, 0.1) is 11.3 Å². The van der Waals surface area contributed by atoms with Gasteiger partial charge in [-0.25, -0.2) is 4.98 Å². The molecule has 0 spiro atoms. The molecule has 0 aliphatic rings. The number of hydrogen-bond donors (Lipinski definition) is 2. The molecular weight excluding hydrogens is 305 g/mol. The van der Waals surface area contributed by atoms with Crippen LogP contribution in [-0.4, -0.2) is 9.97 Å². The van der Waals surface area contributed by atoms with Crippen molar-refractivity contribution >= 4 is 17.6 Å². The van der Waals surface area contributed by atoms with Crippen molar-refractivity contribution in [2.75, 3.05) is 5.73 Å². The molecule has 0 saturated carbocycles. The molecule has 9 heteroatoms. The van der Waals surface area contributed by atoms with E-state index in [1.165, 1.54) is 12.1 Å². The van der Waals surface area contributed by atoms with Crippen molar-refractivity contribution in [3.05, 3.63) is 45.7 Å². The highest BCUT2D eigenvalue weighted by molar-refractivity contribution is 7.99. The predicted molar refractivity (Wildman–Crippen MR) is 69.6 cm³/mol. The lowest BCUT2D eigenvalue weighted by Crippen LogP contribution is -2.09. The van der Waals surface area contributed by atoms with Crippen molar-refractivity contribution in [1.29, 1.82) is 5.26 Å². The fraction of sp³-hybridized carbons (Fsp3) is 0.0833. The minimum Gasteiger partial charge on any atom is -0.383 e. The Morgan fingerprint density at radius 3 is 2.62 bits per heavy atom. The number of benzene rings is 1. The average Bonchev–Trinajstić information content (AvgIpc) is 2.36. The summed E-state index contributed by atoms with van der Waals surface area (Å²) in [4.78, 5) is 17.8. The van der Waals surface area contributed by atoms with Crippen molar-refractivity contribution in [3.63, 3.8) is 0 Å². The van der Waals surface area contributed by atoms with E-state index < -0.39 is 22.9 Å². The smallest absolute Gasteiger partial charge is 0.383 e.